The molecule has 1 unspecified atom stereocenters. The van der Waals surface area contributed by atoms with E-state index < -0.39 is 11.7 Å². The van der Waals surface area contributed by atoms with Crippen molar-refractivity contribution in [3.8, 4) is 0 Å². The normalized spacial score (nSPS) is 13.3. The Hall–Kier alpha value is -0.880. The summed E-state index contributed by atoms with van der Waals surface area (Å²) < 4.78 is 39.9. The van der Waals surface area contributed by atoms with E-state index in [2.05, 4.69) is 5.32 Å². The maximum atomic E-state index is 13.3. The number of alkyl halides is 3. The molecule has 0 amide bonds. The molecule has 0 saturated carbocycles. The Morgan fingerprint density at radius 3 is 2.52 bits per heavy atom. The Balaban J connectivity index is 3.13. The van der Waals surface area contributed by atoms with Crippen molar-refractivity contribution in [2.45, 2.75) is 32.6 Å². The quantitative estimate of drug-likeness (QED) is 0.817. The van der Waals surface area contributed by atoms with E-state index in [0.717, 1.165) is 12.3 Å². The number of benzene rings is 1. The van der Waals surface area contributed by atoms with Crippen molar-refractivity contribution in [1.82, 2.24) is 5.32 Å². The lowest BCUT2D eigenvalue weighted by atomic mass is 10.1. The van der Waals surface area contributed by atoms with Crippen LogP contribution < -0.4 is 10.2 Å². The summed E-state index contributed by atoms with van der Waals surface area (Å²) in [6.07, 6.45) is -2.39. The van der Waals surface area contributed by atoms with Gasteiger partial charge in [0.25, 0.3) is 0 Å². The third-order valence-electron chi connectivity index (χ3n) is 3.39. The largest absolute Gasteiger partial charge is 0.418 e. The second-order valence-electron chi connectivity index (χ2n) is 5.04. The Morgan fingerprint density at radius 2 is 2.00 bits per heavy atom. The highest BCUT2D eigenvalue weighted by Crippen LogP contribution is 2.37. The zero-order valence-corrected chi connectivity index (χ0v) is 13.7. The molecule has 0 aliphatic rings. The lowest BCUT2D eigenvalue weighted by Gasteiger charge is -2.29. The molecular weight excluding hydrogens is 297 g/mol. The minimum atomic E-state index is -4.34. The Kier molecular flexibility index (Phi) is 6.87. The lowest BCUT2D eigenvalue weighted by Crippen LogP contribution is -2.32. The third-order valence-corrected chi connectivity index (χ3v) is 4.21. The fraction of sp³-hybridized carbons (Fsp3) is 0.600. The van der Waals surface area contributed by atoms with Crippen molar-refractivity contribution in [3.05, 3.63) is 29.3 Å². The molecule has 0 saturated heterocycles. The molecular formula is C15H23F3N2S. The minimum Gasteiger partial charge on any atom is -0.371 e. The van der Waals surface area contributed by atoms with Crippen LogP contribution in [0.3, 0.4) is 0 Å². The first-order valence-electron chi connectivity index (χ1n) is 6.93. The fourth-order valence-electron chi connectivity index (χ4n) is 2.09. The number of halogens is 3. The monoisotopic (exact) mass is 320 g/mol. The van der Waals surface area contributed by atoms with Crippen LogP contribution in [0.1, 0.15) is 25.0 Å². The van der Waals surface area contributed by atoms with Crippen molar-refractivity contribution in [2.75, 3.05) is 30.5 Å². The molecule has 120 valence electrons. The van der Waals surface area contributed by atoms with Crippen molar-refractivity contribution < 1.29 is 13.2 Å². The summed E-state index contributed by atoms with van der Waals surface area (Å²) in [6.45, 7) is 5.04. The van der Waals surface area contributed by atoms with Crippen molar-refractivity contribution in [3.63, 3.8) is 0 Å². The fourth-order valence-corrected chi connectivity index (χ4v) is 2.79. The van der Waals surface area contributed by atoms with Gasteiger partial charge in [0.05, 0.1) is 5.56 Å². The molecule has 1 atom stereocenters. The van der Waals surface area contributed by atoms with Gasteiger partial charge in [-0.2, -0.15) is 24.9 Å². The second kappa shape index (κ2) is 7.94. The number of thioether (sulfide) groups is 1. The van der Waals surface area contributed by atoms with Gasteiger partial charge in [-0.15, -0.1) is 0 Å². The van der Waals surface area contributed by atoms with Gasteiger partial charge in [0, 0.05) is 31.1 Å². The van der Waals surface area contributed by atoms with E-state index in [1.165, 1.54) is 6.07 Å². The predicted molar refractivity (Wildman–Crippen MR) is 85.1 cm³/mol. The van der Waals surface area contributed by atoms with E-state index in [-0.39, 0.29) is 11.7 Å². The van der Waals surface area contributed by atoms with E-state index in [1.807, 2.05) is 20.1 Å². The molecule has 1 rings (SSSR count). The first-order chi connectivity index (χ1) is 9.81. The minimum absolute atomic E-state index is 0.0423. The number of anilines is 1. The summed E-state index contributed by atoms with van der Waals surface area (Å²) in [5.74, 6) is 0.785. The van der Waals surface area contributed by atoms with Crippen LogP contribution in [0.2, 0.25) is 0 Å². The van der Waals surface area contributed by atoms with E-state index in [9.17, 15) is 13.2 Å². The van der Waals surface area contributed by atoms with Crippen LogP contribution in [0.25, 0.3) is 0 Å². The molecule has 1 aromatic carbocycles. The summed E-state index contributed by atoms with van der Waals surface area (Å²) in [7, 11) is 1.72. The van der Waals surface area contributed by atoms with E-state index in [1.54, 1.807) is 35.8 Å². The molecule has 1 aromatic rings. The van der Waals surface area contributed by atoms with Gasteiger partial charge < -0.3 is 10.2 Å². The summed E-state index contributed by atoms with van der Waals surface area (Å²) in [6, 6.07) is 4.63. The van der Waals surface area contributed by atoms with Crippen molar-refractivity contribution >= 4 is 17.4 Å². The van der Waals surface area contributed by atoms with Gasteiger partial charge in [-0.1, -0.05) is 13.0 Å². The molecule has 0 aliphatic heterocycles. The maximum absolute atomic E-state index is 13.3. The lowest BCUT2D eigenvalue weighted by molar-refractivity contribution is -0.137. The maximum Gasteiger partial charge on any atom is 0.418 e. The predicted octanol–water partition coefficient (Wildman–Crippen LogP) is 4.00. The van der Waals surface area contributed by atoms with Crippen LogP contribution in [0.5, 0.6) is 0 Å². The second-order valence-corrected chi connectivity index (χ2v) is 5.96. The van der Waals surface area contributed by atoms with Gasteiger partial charge in [0.15, 0.2) is 0 Å². The molecule has 0 heterocycles. The highest BCUT2D eigenvalue weighted by atomic mass is 32.2. The van der Waals surface area contributed by atoms with Gasteiger partial charge in [-0.05, 0) is 37.4 Å². The molecule has 0 fully saturated rings. The topological polar surface area (TPSA) is 15.3 Å². The summed E-state index contributed by atoms with van der Waals surface area (Å²) in [4.78, 5) is 1.70. The first kappa shape index (κ1) is 18.2. The van der Waals surface area contributed by atoms with E-state index >= 15 is 0 Å². The third kappa shape index (κ3) is 5.11. The highest BCUT2D eigenvalue weighted by Gasteiger charge is 2.35. The number of rotatable bonds is 7. The van der Waals surface area contributed by atoms with E-state index in [4.69, 9.17) is 0 Å². The zero-order valence-electron chi connectivity index (χ0n) is 12.9. The Labute approximate surface area is 129 Å². The SMILES string of the molecule is CCNCc1ccc(N(C)C(C)CSC)c(C(F)(F)F)c1. The van der Waals surface area contributed by atoms with Gasteiger partial charge >= 0.3 is 6.18 Å². The standard InChI is InChI=1S/C15H23F3N2S/c1-5-19-9-12-6-7-14(13(8-12)15(16,17)18)20(3)11(2)10-21-4/h6-8,11,19H,5,9-10H2,1-4H3. The summed E-state index contributed by atoms with van der Waals surface area (Å²) in [5.41, 5.74) is 0.330. The number of nitrogens with zero attached hydrogens (tertiary/aromatic N) is 1. The molecule has 2 nitrogen and oxygen atoms in total. The van der Waals surface area contributed by atoms with Crippen LogP contribution in [0.15, 0.2) is 18.2 Å². The molecule has 0 aliphatic carbocycles. The Bertz CT molecular complexity index is 449. The van der Waals surface area contributed by atoms with Crippen LogP contribution >= 0.6 is 11.8 Å². The number of hydrogen-bond donors (Lipinski definition) is 1. The molecule has 0 bridgehead atoms. The van der Waals surface area contributed by atoms with Crippen LogP contribution in [0.4, 0.5) is 18.9 Å². The summed E-state index contributed by atoms with van der Waals surface area (Å²) in [5, 5.41) is 3.05. The van der Waals surface area contributed by atoms with Crippen LogP contribution in [0, 0.1) is 0 Å². The first-order valence-corrected chi connectivity index (χ1v) is 8.33. The number of hydrogen-bond acceptors (Lipinski definition) is 3. The highest BCUT2D eigenvalue weighted by molar-refractivity contribution is 7.98. The van der Waals surface area contributed by atoms with Crippen LogP contribution in [-0.2, 0) is 12.7 Å². The molecule has 0 aromatic heterocycles. The van der Waals surface area contributed by atoms with E-state index in [0.29, 0.717) is 12.1 Å². The van der Waals surface area contributed by atoms with Gasteiger partial charge in [0.1, 0.15) is 0 Å². The molecule has 0 radical (unpaired) electrons. The zero-order chi connectivity index (χ0) is 16.0. The molecule has 1 N–H and O–H groups in total. The van der Waals surface area contributed by atoms with Crippen molar-refractivity contribution in [2.24, 2.45) is 0 Å². The van der Waals surface area contributed by atoms with Gasteiger partial charge in [0.2, 0.25) is 0 Å². The van der Waals surface area contributed by atoms with Gasteiger partial charge in [-0.3, -0.25) is 0 Å². The van der Waals surface area contributed by atoms with Gasteiger partial charge in [-0.25, -0.2) is 0 Å². The van der Waals surface area contributed by atoms with Crippen LogP contribution in [-0.4, -0.2) is 31.6 Å². The number of nitrogens with one attached hydrogen (secondary N) is 1. The molecule has 21 heavy (non-hydrogen) atoms. The molecule has 0 spiro atoms. The summed E-state index contributed by atoms with van der Waals surface area (Å²) >= 11 is 1.63. The molecule has 6 heteroatoms. The van der Waals surface area contributed by atoms with Crippen molar-refractivity contribution in [1.29, 1.82) is 0 Å². The Morgan fingerprint density at radius 1 is 1.33 bits per heavy atom. The average Bonchev–Trinajstić information content (AvgIpc) is 2.43. The average molecular weight is 320 g/mol. The smallest absolute Gasteiger partial charge is 0.371 e.